The summed E-state index contributed by atoms with van der Waals surface area (Å²) in [6, 6.07) is 5.70. The zero-order chi connectivity index (χ0) is 22.9. The predicted molar refractivity (Wildman–Crippen MR) is 123 cm³/mol. The van der Waals surface area contributed by atoms with Gasteiger partial charge in [0.2, 0.25) is 0 Å². The highest BCUT2D eigenvalue weighted by atomic mass is 16.3. The molecular formula is C22H29N9O2. The monoisotopic (exact) mass is 451 g/mol. The molecule has 1 saturated heterocycles. The lowest BCUT2D eigenvalue weighted by molar-refractivity contribution is -0.128. The number of aromatic hydroxyl groups is 1. The molecule has 11 nitrogen and oxygen atoms in total. The third kappa shape index (κ3) is 4.08. The number of tetrazole rings is 1. The molecule has 3 heterocycles. The van der Waals surface area contributed by atoms with Crippen LogP contribution >= 0.6 is 0 Å². The second-order valence-corrected chi connectivity index (χ2v) is 9.00. The quantitative estimate of drug-likeness (QED) is 0.452. The molecule has 3 N–H and O–H groups in total. The zero-order valence-electron chi connectivity index (χ0n) is 18.9. The number of likely N-dealkylation sites (N-methyl/N-ethyl adjacent to an activating group) is 1. The summed E-state index contributed by atoms with van der Waals surface area (Å²) in [5, 5.41) is 35.6. The van der Waals surface area contributed by atoms with Crippen molar-refractivity contribution in [3.05, 3.63) is 29.6 Å². The zero-order valence-corrected chi connectivity index (χ0v) is 18.9. The van der Waals surface area contributed by atoms with E-state index in [1.807, 2.05) is 12.1 Å². The lowest BCUT2D eigenvalue weighted by Gasteiger charge is -2.41. The summed E-state index contributed by atoms with van der Waals surface area (Å²) in [6.45, 7) is 6.51. The summed E-state index contributed by atoms with van der Waals surface area (Å²) in [5.74, 6) is 1.19. The summed E-state index contributed by atoms with van der Waals surface area (Å²) in [7, 11) is 0. The van der Waals surface area contributed by atoms with Gasteiger partial charge >= 0.3 is 0 Å². The summed E-state index contributed by atoms with van der Waals surface area (Å²) >= 11 is 0. The average molecular weight is 452 g/mol. The van der Waals surface area contributed by atoms with Gasteiger partial charge < -0.3 is 5.11 Å². The smallest absolute Gasteiger partial charge is 0.296 e. The van der Waals surface area contributed by atoms with Gasteiger partial charge in [0, 0.05) is 19.0 Å². The first-order valence-corrected chi connectivity index (χ1v) is 11.6. The van der Waals surface area contributed by atoms with E-state index in [1.165, 1.54) is 0 Å². The number of hydrogen-bond donors (Lipinski definition) is 3. The number of phenolic OH excluding ortho intramolecular Hbond substituents is 1. The van der Waals surface area contributed by atoms with Gasteiger partial charge in [0.1, 0.15) is 5.75 Å². The van der Waals surface area contributed by atoms with Gasteiger partial charge in [-0.05, 0) is 60.7 Å². The van der Waals surface area contributed by atoms with E-state index < -0.39 is 0 Å². The normalized spacial score (nSPS) is 25.4. The molecule has 3 aliphatic rings. The number of hydrogen-bond acceptors (Lipinski definition) is 9. The van der Waals surface area contributed by atoms with E-state index >= 15 is 0 Å². The van der Waals surface area contributed by atoms with Crippen molar-refractivity contribution in [2.45, 2.75) is 57.4 Å². The molecule has 1 aliphatic carbocycles. The van der Waals surface area contributed by atoms with Crippen molar-refractivity contribution in [1.29, 1.82) is 0 Å². The molecule has 0 spiro atoms. The molecular weight excluding hydrogens is 422 g/mol. The Morgan fingerprint density at radius 2 is 2.09 bits per heavy atom. The second kappa shape index (κ2) is 8.89. The number of aromatic nitrogens is 4. The average Bonchev–Trinajstić information content (AvgIpc) is 3.42. The fourth-order valence-corrected chi connectivity index (χ4v) is 5.01. The fourth-order valence-electron chi connectivity index (χ4n) is 5.01. The van der Waals surface area contributed by atoms with Crippen molar-refractivity contribution in [2.24, 2.45) is 10.2 Å². The number of para-hydroxylation sites is 1. The van der Waals surface area contributed by atoms with Gasteiger partial charge in [-0.3, -0.25) is 15.1 Å². The molecule has 1 aromatic heterocycles. The van der Waals surface area contributed by atoms with Gasteiger partial charge in [0.25, 0.3) is 5.91 Å². The van der Waals surface area contributed by atoms with E-state index in [0.717, 1.165) is 56.7 Å². The topological polar surface area (TPSA) is 135 Å². The minimum Gasteiger partial charge on any atom is -0.505 e. The van der Waals surface area contributed by atoms with Crippen molar-refractivity contribution in [3.8, 4) is 5.75 Å². The van der Waals surface area contributed by atoms with Crippen LogP contribution in [-0.2, 0) is 4.79 Å². The minimum atomic E-state index is -0.202. The van der Waals surface area contributed by atoms with Crippen LogP contribution in [0.15, 0.2) is 28.4 Å². The van der Waals surface area contributed by atoms with Crippen LogP contribution in [-0.4, -0.2) is 78.6 Å². The second-order valence-electron chi connectivity index (χ2n) is 9.00. The first-order chi connectivity index (χ1) is 16.0. The van der Waals surface area contributed by atoms with Crippen molar-refractivity contribution in [1.82, 2.24) is 30.5 Å². The third-order valence-corrected chi connectivity index (χ3v) is 6.96. The number of rotatable bonds is 6. The Bertz CT molecular complexity index is 1080. The van der Waals surface area contributed by atoms with Crippen molar-refractivity contribution >= 4 is 23.0 Å². The van der Waals surface area contributed by atoms with E-state index in [4.69, 9.17) is 0 Å². The highest BCUT2D eigenvalue weighted by molar-refractivity contribution is 6.68. The number of amides is 1. The van der Waals surface area contributed by atoms with Crippen LogP contribution in [0.4, 0.5) is 5.69 Å². The van der Waals surface area contributed by atoms with Gasteiger partial charge in [0.05, 0.1) is 17.4 Å². The van der Waals surface area contributed by atoms with Gasteiger partial charge in [0.15, 0.2) is 11.5 Å². The molecule has 0 radical (unpaired) electrons. The van der Waals surface area contributed by atoms with E-state index in [2.05, 4.69) is 48.1 Å². The van der Waals surface area contributed by atoms with Crippen LogP contribution in [0, 0.1) is 0 Å². The van der Waals surface area contributed by atoms with Crippen LogP contribution in [0.3, 0.4) is 0 Å². The van der Waals surface area contributed by atoms with Gasteiger partial charge in [-0.2, -0.15) is 10.2 Å². The van der Waals surface area contributed by atoms with E-state index in [9.17, 15) is 9.90 Å². The van der Waals surface area contributed by atoms with Crippen molar-refractivity contribution in [3.63, 3.8) is 0 Å². The molecule has 1 saturated carbocycles. The largest absolute Gasteiger partial charge is 0.505 e. The van der Waals surface area contributed by atoms with E-state index in [0.29, 0.717) is 11.4 Å². The molecule has 174 valence electrons. The first kappa shape index (κ1) is 21.5. The Morgan fingerprint density at radius 1 is 1.27 bits per heavy atom. The molecule has 2 aromatic rings. The molecule has 2 unspecified atom stereocenters. The van der Waals surface area contributed by atoms with Gasteiger partial charge in [-0.25, -0.2) is 10.1 Å². The number of benzene rings is 1. The molecule has 2 aliphatic heterocycles. The highest BCUT2D eigenvalue weighted by Crippen LogP contribution is 2.44. The highest BCUT2D eigenvalue weighted by Gasteiger charge is 2.40. The van der Waals surface area contributed by atoms with E-state index in [1.54, 1.807) is 18.0 Å². The van der Waals surface area contributed by atoms with Crippen LogP contribution in [0.5, 0.6) is 5.75 Å². The summed E-state index contributed by atoms with van der Waals surface area (Å²) in [6.07, 6.45) is 3.90. The number of nitrogens with zero attached hydrogens (tertiary/aromatic N) is 7. The molecule has 33 heavy (non-hydrogen) atoms. The van der Waals surface area contributed by atoms with Crippen molar-refractivity contribution in [2.75, 3.05) is 25.1 Å². The Hall–Kier alpha value is -3.34. The summed E-state index contributed by atoms with van der Waals surface area (Å²) in [5.41, 5.74) is 5.12. The molecule has 2 atom stereocenters. The number of H-pyrrole nitrogens is 1. The molecule has 5 rings (SSSR count). The lowest BCUT2D eigenvalue weighted by atomic mass is 9.77. The SMILES string of the molecule is CCN1CC(N2N=C(C)/C(=N\Nc3cccc(C4CCCC(c5nnn[nH]5)C4)c3O)C2=O)C1. The number of phenols is 1. The number of hydrazone groups is 2. The van der Waals surface area contributed by atoms with Gasteiger partial charge in [-0.1, -0.05) is 25.5 Å². The Kier molecular flexibility index (Phi) is 5.79. The summed E-state index contributed by atoms with van der Waals surface area (Å²) in [4.78, 5) is 15.1. The number of anilines is 1. The molecule has 1 amide bonds. The summed E-state index contributed by atoms with van der Waals surface area (Å²) < 4.78 is 0. The third-order valence-electron chi connectivity index (χ3n) is 6.96. The number of carbonyl (C=O) groups is 1. The number of carbonyl (C=O) groups excluding carboxylic acids is 1. The standard InChI is InChI=1S/C22H29N9O2/c1-3-30-11-16(12-30)31-22(33)19(13(2)27-31)24-23-18-9-5-8-17(20(18)32)14-6-4-7-15(10-14)21-25-28-29-26-21/h5,8-9,14-16,23,32H,3-4,6-7,10-12H2,1-2H3,(H,25,26,28,29)/b24-19+. The lowest BCUT2D eigenvalue weighted by Crippen LogP contribution is -2.58. The van der Waals surface area contributed by atoms with Crippen molar-refractivity contribution < 1.29 is 9.90 Å². The maximum absolute atomic E-state index is 12.9. The fraction of sp³-hybridized carbons (Fsp3) is 0.545. The van der Waals surface area contributed by atoms with Crippen LogP contribution in [0.1, 0.15) is 62.8 Å². The Balaban J connectivity index is 1.29. The number of likely N-dealkylation sites (tertiary alicyclic amines) is 1. The van der Waals surface area contributed by atoms with E-state index in [-0.39, 0.29) is 35.2 Å². The number of aromatic amines is 1. The minimum absolute atomic E-state index is 0.0932. The predicted octanol–water partition coefficient (Wildman–Crippen LogP) is 2.04. The van der Waals surface area contributed by atoms with Gasteiger partial charge in [-0.15, -0.1) is 5.10 Å². The maximum Gasteiger partial charge on any atom is 0.296 e. The Morgan fingerprint density at radius 3 is 2.85 bits per heavy atom. The van der Waals surface area contributed by atoms with Crippen LogP contribution < -0.4 is 5.43 Å². The molecule has 1 aromatic carbocycles. The van der Waals surface area contributed by atoms with Crippen LogP contribution in [0.2, 0.25) is 0 Å². The molecule has 0 bridgehead atoms. The molecule has 11 heteroatoms. The Labute approximate surface area is 191 Å². The molecule has 2 fully saturated rings. The first-order valence-electron chi connectivity index (χ1n) is 11.6. The maximum atomic E-state index is 12.9. The number of nitrogens with one attached hydrogen (secondary N) is 2. The van der Waals surface area contributed by atoms with Crippen LogP contribution in [0.25, 0.3) is 0 Å².